The van der Waals surface area contributed by atoms with Gasteiger partial charge in [0.15, 0.2) is 0 Å². The number of non-ortho nitro benzene ring substituents is 1. The monoisotopic (exact) mass is 387 g/mol. The summed E-state index contributed by atoms with van der Waals surface area (Å²) in [6.45, 7) is 1.84. The molecule has 0 unspecified atom stereocenters. The third-order valence-electron chi connectivity index (χ3n) is 3.37. The molecule has 8 nitrogen and oxygen atoms in total. The van der Waals surface area contributed by atoms with Gasteiger partial charge >= 0.3 is 0 Å². The summed E-state index contributed by atoms with van der Waals surface area (Å²) in [4.78, 5) is 13.9. The molecule has 0 aliphatic rings. The lowest BCUT2D eigenvalue weighted by atomic mass is 10.2. The molecule has 0 aliphatic heterocycles. The molecule has 0 atom stereocenters. The minimum atomic E-state index is -4.02. The van der Waals surface area contributed by atoms with Crippen LogP contribution in [0.25, 0.3) is 0 Å². The number of aryl methyl sites for hydroxylation is 1. The van der Waals surface area contributed by atoms with Crippen LogP contribution in [0, 0.1) is 17.0 Å². The van der Waals surface area contributed by atoms with Crippen LogP contribution in [-0.4, -0.2) is 22.9 Å². The maximum absolute atomic E-state index is 10.5. The summed E-state index contributed by atoms with van der Waals surface area (Å²) in [6.07, 6.45) is 3.35. The highest BCUT2D eigenvalue weighted by atomic mass is 32.2. The molecule has 2 aromatic carbocycles. The lowest BCUT2D eigenvalue weighted by Gasteiger charge is -2.04. The van der Waals surface area contributed by atoms with Crippen molar-refractivity contribution in [2.75, 3.05) is 5.32 Å². The van der Waals surface area contributed by atoms with E-state index in [1.54, 1.807) is 36.7 Å². The Morgan fingerprint density at radius 2 is 1.44 bits per heavy atom. The maximum atomic E-state index is 10.5. The molecular weight excluding hydrogens is 370 g/mol. The molecule has 0 spiro atoms. The zero-order valence-corrected chi connectivity index (χ0v) is 15.1. The highest BCUT2D eigenvalue weighted by Crippen LogP contribution is 2.19. The van der Waals surface area contributed by atoms with E-state index < -0.39 is 15.0 Å². The summed E-state index contributed by atoms with van der Waals surface area (Å²) in [5.74, 6) is 0. The number of pyridine rings is 1. The third kappa shape index (κ3) is 6.49. The van der Waals surface area contributed by atoms with Crippen LogP contribution in [0.15, 0.2) is 78.0 Å². The predicted molar refractivity (Wildman–Crippen MR) is 102 cm³/mol. The van der Waals surface area contributed by atoms with Gasteiger partial charge in [-0.25, -0.2) is 0 Å². The van der Waals surface area contributed by atoms with Crippen LogP contribution in [0.1, 0.15) is 5.56 Å². The molecule has 0 aliphatic carbocycles. The largest absolute Gasteiger partial charge is 0.355 e. The molecule has 0 saturated carbocycles. The standard InChI is InChI=1S/C11H9N3O2.C7H8O3S/c15-14(16)11-3-1-9(2-4-11)13-10-5-7-12-8-6-10;1-6-2-4-7(5-3-6)11(8,9)10/h1-8H,(H,12,13);2-5H,1H3,(H,8,9,10). The average Bonchev–Trinajstić information content (AvgIpc) is 2.63. The van der Waals surface area contributed by atoms with E-state index in [1.165, 1.54) is 24.3 Å². The van der Waals surface area contributed by atoms with Gasteiger partial charge in [0, 0.05) is 35.9 Å². The van der Waals surface area contributed by atoms with E-state index >= 15 is 0 Å². The first-order valence-corrected chi connectivity index (χ1v) is 9.15. The fraction of sp³-hybridized carbons (Fsp3) is 0.0556. The van der Waals surface area contributed by atoms with Crippen LogP contribution in [0.2, 0.25) is 0 Å². The number of rotatable bonds is 4. The minimum Gasteiger partial charge on any atom is -0.355 e. The predicted octanol–water partition coefficient (Wildman–Crippen LogP) is 3.98. The fourth-order valence-electron chi connectivity index (χ4n) is 1.98. The average molecular weight is 387 g/mol. The van der Waals surface area contributed by atoms with Gasteiger partial charge in [-0.3, -0.25) is 19.7 Å². The maximum Gasteiger partial charge on any atom is 0.294 e. The molecule has 1 heterocycles. The molecule has 3 aromatic rings. The van der Waals surface area contributed by atoms with Crippen LogP contribution in [0.5, 0.6) is 0 Å². The number of aromatic nitrogens is 1. The molecule has 1 aromatic heterocycles. The number of hydrogen-bond donors (Lipinski definition) is 2. The Morgan fingerprint density at radius 1 is 0.926 bits per heavy atom. The zero-order chi connectivity index (χ0) is 19.9. The highest BCUT2D eigenvalue weighted by Gasteiger charge is 2.07. The van der Waals surface area contributed by atoms with Crippen molar-refractivity contribution in [3.05, 3.63) is 88.7 Å². The smallest absolute Gasteiger partial charge is 0.294 e. The Morgan fingerprint density at radius 3 is 1.93 bits per heavy atom. The molecule has 0 radical (unpaired) electrons. The minimum absolute atomic E-state index is 0.0666. The molecule has 9 heteroatoms. The van der Waals surface area contributed by atoms with Gasteiger partial charge in [0.25, 0.3) is 15.8 Å². The Hall–Kier alpha value is -3.30. The second-order valence-corrected chi connectivity index (χ2v) is 6.87. The lowest BCUT2D eigenvalue weighted by Crippen LogP contribution is -1.96. The van der Waals surface area contributed by atoms with Gasteiger partial charge in [0.05, 0.1) is 9.82 Å². The second-order valence-electron chi connectivity index (χ2n) is 5.45. The van der Waals surface area contributed by atoms with Gasteiger partial charge in [-0.2, -0.15) is 8.42 Å². The zero-order valence-electron chi connectivity index (χ0n) is 14.3. The summed E-state index contributed by atoms with van der Waals surface area (Å²) in [5, 5.41) is 13.6. The molecule has 3 rings (SSSR count). The molecular formula is C18H17N3O5S. The molecule has 2 N–H and O–H groups in total. The number of nitro groups is 1. The van der Waals surface area contributed by atoms with Crippen molar-refractivity contribution >= 4 is 27.2 Å². The van der Waals surface area contributed by atoms with Gasteiger partial charge in [-0.05, 0) is 43.3 Å². The summed E-state index contributed by atoms with van der Waals surface area (Å²) < 4.78 is 29.6. The van der Waals surface area contributed by atoms with Crippen molar-refractivity contribution < 1.29 is 17.9 Å². The van der Waals surface area contributed by atoms with E-state index in [1.807, 2.05) is 19.1 Å². The SMILES string of the molecule is Cc1ccc(S(=O)(=O)O)cc1.O=[N+]([O-])c1ccc(Nc2ccncc2)cc1. The number of nitrogens with one attached hydrogen (secondary N) is 1. The first-order valence-electron chi connectivity index (χ1n) is 7.71. The Balaban J connectivity index is 0.000000208. The number of nitro benzene ring substituents is 1. The quantitative estimate of drug-likeness (QED) is 0.394. The van der Waals surface area contributed by atoms with E-state index in [0.29, 0.717) is 0 Å². The van der Waals surface area contributed by atoms with Gasteiger partial charge in [0.1, 0.15) is 0 Å². The van der Waals surface area contributed by atoms with Crippen LogP contribution in [-0.2, 0) is 10.1 Å². The van der Waals surface area contributed by atoms with E-state index in [2.05, 4.69) is 10.3 Å². The van der Waals surface area contributed by atoms with Crippen molar-refractivity contribution in [1.82, 2.24) is 4.98 Å². The molecule has 0 fully saturated rings. The third-order valence-corrected chi connectivity index (χ3v) is 4.23. The first-order chi connectivity index (χ1) is 12.8. The van der Waals surface area contributed by atoms with E-state index in [9.17, 15) is 18.5 Å². The summed E-state index contributed by atoms with van der Waals surface area (Å²) in [6, 6.07) is 15.9. The number of benzene rings is 2. The molecule has 0 bridgehead atoms. The lowest BCUT2D eigenvalue weighted by molar-refractivity contribution is -0.384. The van der Waals surface area contributed by atoms with Crippen molar-refractivity contribution in [3.63, 3.8) is 0 Å². The molecule has 27 heavy (non-hydrogen) atoms. The Bertz CT molecular complexity index is 989. The van der Waals surface area contributed by atoms with E-state index in [4.69, 9.17) is 4.55 Å². The van der Waals surface area contributed by atoms with Crippen molar-refractivity contribution in [2.24, 2.45) is 0 Å². The number of nitrogens with zero attached hydrogens (tertiary/aromatic N) is 2. The fourth-order valence-corrected chi connectivity index (χ4v) is 2.46. The molecule has 0 amide bonds. The van der Waals surface area contributed by atoms with Gasteiger partial charge in [-0.1, -0.05) is 17.7 Å². The topological polar surface area (TPSA) is 122 Å². The second kappa shape index (κ2) is 8.88. The number of hydrogen-bond acceptors (Lipinski definition) is 6. The number of anilines is 2. The van der Waals surface area contributed by atoms with Gasteiger partial charge in [0.2, 0.25) is 0 Å². The molecule has 0 saturated heterocycles. The summed E-state index contributed by atoms with van der Waals surface area (Å²) >= 11 is 0. The Labute approximate surface area is 156 Å². The van der Waals surface area contributed by atoms with E-state index in [-0.39, 0.29) is 10.6 Å². The highest BCUT2D eigenvalue weighted by molar-refractivity contribution is 7.85. The molecule has 140 valence electrons. The van der Waals surface area contributed by atoms with Gasteiger partial charge in [-0.15, -0.1) is 0 Å². The van der Waals surface area contributed by atoms with Crippen LogP contribution in [0.3, 0.4) is 0 Å². The Kier molecular flexibility index (Phi) is 6.58. The van der Waals surface area contributed by atoms with Crippen molar-refractivity contribution in [3.8, 4) is 0 Å². The first kappa shape index (κ1) is 20.0. The van der Waals surface area contributed by atoms with Crippen LogP contribution in [0.4, 0.5) is 17.1 Å². The van der Waals surface area contributed by atoms with E-state index in [0.717, 1.165) is 16.9 Å². The summed E-state index contributed by atoms with van der Waals surface area (Å²) in [5.41, 5.74) is 2.73. The van der Waals surface area contributed by atoms with Crippen LogP contribution >= 0.6 is 0 Å². The van der Waals surface area contributed by atoms with Crippen molar-refractivity contribution in [1.29, 1.82) is 0 Å². The van der Waals surface area contributed by atoms with Crippen LogP contribution < -0.4 is 5.32 Å². The van der Waals surface area contributed by atoms with Gasteiger partial charge < -0.3 is 5.32 Å². The normalized spacial score (nSPS) is 10.4. The summed E-state index contributed by atoms with van der Waals surface area (Å²) in [7, 11) is -4.02. The van der Waals surface area contributed by atoms with Crippen molar-refractivity contribution in [2.45, 2.75) is 11.8 Å².